The highest BCUT2D eigenvalue weighted by Crippen LogP contribution is 2.32. The first-order chi connectivity index (χ1) is 15.1. The molecule has 2 aromatic rings. The van der Waals surface area contributed by atoms with E-state index in [1.165, 1.54) is 15.6 Å². The lowest BCUT2D eigenvalue weighted by molar-refractivity contribution is 0.0387. The van der Waals surface area contributed by atoms with Crippen LogP contribution >= 0.6 is 11.3 Å². The molecule has 0 saturated carbocycles. The molecule has 0 bridgehead atoms. The molecule has 0 unspecified atom stereocenters. The van der Waals surface area contributed by atoms with Gasteiger partial charge in [0.15, 0.2) is 0 Å². The quantitative estimate of drug-likeness (QED) is 0.653. The second-order valence-electron chi connectivity index (χ2n) is 8.42. The SMILES string of the molecule is C[C@H]1CN([C@@H](C)CO)C(=O)c2cc(N(C)C)ccc2O[C@H]1CN(C)S(=O)(=O)c1cccs1. The third kappa shape index (κ3) is 4.93. The van der Waals surface area contributed by atoms with Gasteiger partial charge in [-0.3, -0.25) is 4.79 Å². The Morgan fingerprint density at radius 1 is 1.28 bits per heavy atom. The summed E-state index contributed by atoms with van der Waals surface area (Å²) in [4.78, 5) is 16.9. The van der Waals surface area contributed by atoms with Crippen LogP contribution in [0.1, 0.15) is 24.2 Å². The van der Waals surface area contributed by atoms with Crippen LogP contribution in [0.15, 0.2) is 39.9 Å². The normalized spacial score (nSPS) is 20.3. The predicted molar refractivity (Wildman–Crippen MR) is 126 cm³/mol. The summed E-state index contributed by atoms with van der Waals surface area (Å²) in [5.41, 5.74) is 1.25. The number of benzene rings is 1. The minimum atomic E-state index is -3.64. The van der Waals surface area contributed by atoms with E-state index in [1.807, 2.05) is 32.0 Å². The molecule has 0 aliphatic carbocycles. The molecule has 10 heteroatoms. The van der Waals surface area contributed by atoms with E-state index in [0.29, 0.717) is 17.9 Å². The molecular formula is C22H31N3O5S2. The van der Waals surface area contributed by atoms with Crippen molar-refractivity contribution in [2.24, 2.45) is 5.92 Å². The number of carbonyl (C=O) groups excluding carboxylic acids is 1. The van der Waals surface area contributed by atoms with Gasteiger partial charge in [0.25, 0.3) is 15.9 Å². The maximum absolute atomic E-state index is 13.4. The lowest BCUT2D eigenvalue weighted by Crippen LogP contribution is -2.50. The monoisotopic (exact) mass is 481 g/mol. The first-order valence-corrected chi connectivity index (χ1v) is 12.8. The summed E-state index contributed by atoms with van der Waals surface area (Å²) >= 11 is 1.17. The molecule has 0 spiro atoms. The number of amides is 1. The van der Waals surface area contributed by atoms with Crippen LogP contribution in [0.4, 0.5) is 5.69 Å². The Kier molecular flexibility index (Phi) is 7.49. The average Bonchev–Trinajstić information content (AvgIpc) is 3.31. The van der Waals surface area contributed by atoms with E-state index in [9.17, 15) is 18.3 Å². The van der Waals surface area contributed by atoms with E-state index < -0.39 is 16.1 Å². The van der Waals surface area contributed by atoms with Crippen molar-refractivity contribution >= 4 is 33.0 Å². The number of nitrogens with zero attached hydrogens (tertiary/aromatic N) is 3. The number of rotatable bonds is 7. The topological polar surface area (TPSA) is 90.4 Å². The molecule has 32 heavy (non-hydrogen) atoms. The van der Waals surface area contributed by atoms with Gasteiger partial charge in [0.1, 0.15) is 16.1 Å². The minimum absolute atomic E-state index is 0.131. The van der Waals surface area contributed by atoms with Gasteiger partial charge in [0.2, 0.25) is 0 Å². The van der Waals surface area contributed by atoms with Gasteiger partial charge in [-0.15, -0.1) is 11.3 Å². The lowest BCUT2D eigenvalue weighted by atomic mass is 9.99. The fourth-order valence-corrected chi connectivity index (χ4v) is 6.01. The molecule has 1 aromatic heterocycles. The highest BCUT2D eigenvalue weighted by atomic mass is 32.2. The number of hydrogen-bond acceptors (Lipinski definition) is 7. The van der Waals surface area contributed by atoms with Gasteiger partial charge >= 0.3 is 0 Å². The Hall–Kier alpha value is -2.14. The largest absolute Gasteiger partial charge is 0.488 e. The molecule has 1 aliphatic heterocycles. The Bertz CT molecular complexity index is 1040. The molecule has 0 saturated heterocycles. The van der Waals surface area contributed by atoms with E-state index in [0.717, 1.165) is 5.69 Å². The van der Waals surface area contributed by atoms with Crippen LogP contribution in [0.2, 0.25) is 0 Å². The van der Waals surface area contributed by atoms with Crippen LogP contribution in [-0.2, 0) is 10.0 Å². The Labute approximate surface area is 194 Å². The number of hydrogen-bond donors (Lipinski definition) is 1. The summed E-state index contributed by atoms with van der Waals surface area (Å²) in [6.45, 7) is 4.03. The maximum atomic E-state index is 13.4. The zero-order chi connectivity index (χ0) is 23.6. The second-order valence-corrected chi connectivity index (χ2v) is 11.6. The zero-order valence-electron chi connectivity index (χ0n) is 19.1. The fraction of sp³-hybridized carbons (Fsp3) is 0.500. The number of likely N-dealkylation sites (N-methyl/N-ethyl adjacent to an activating group) is 1. The summed E-state index contributed by atoms with van der Waals surface area (Å²) in [6, 6.07) is 8.30. The first kappa shape index (κ1) is 24.5. The molecule has 1 aliphatic rings. The van der Waals surface area contributed by atoms with Gasteiger partial charge in [-0.25, -0.2) is 8.42 Å². The highest BCUT2D eigenvalue weighted by Gasteiger charge is 2.35. The van der Waals surface area contributed by atoms with Crippen LogP contribution in [0, 0.1) is 5.92 Å². The Morgan fingerprint density at radius 3 is 2.59 bits per heavy atom. The molecule has 8 nitrogen and oxygen atoms in total. The molecule has 0 radical (unpaired) electrons. The van der Waals surface area contributed by atoms with E-state index in [1.54, 1.807) is 48.5 Å². The standard InChI is InChI=1S/C22H31N3O5S2/c1-15-12-25(16(2)14-26)22(27)18-11-17(23(3)4)8-9-19(18)30-20(15)13-24(5)32(28,29)21-7-6-10-31-21/h6-11,15-16,20,26H,12-14H2,1-5H3/t15-,16-,20-/m0/s1. The number of ether oxygens (including phenoxy) is 1. The summed E-state index contributed by atoms with van der Waals surface area (Å²) in [6.07, 6.45) is -0.486. The van der Waals surface area contributed by atoms with Crippen LogP contribution in [0.25, 0.3) is 0 Å². The van der Waals surface area contributed by atoms with E-state index in [4.69, 9.17) is 4.74 Å². The van der Waals surface area contributed by atoms with Crippen molar-refractivity contribution < 1.29 is 23.1 Å². The van der Waals surface area contributed by atoms with Crippen molar-refractivity contribution in [2.45, 2.75) is 30.2 Å². The van der Waals surface area contributed by atoms with Crippen LogP contribution < -0.4 is 9.64 Å². The zero-order valence-corrected chi connectivity index (χ0v) is 20.7. The molecule has 2 heterocycles. The third-order valence-corrected chi connectivity index (χ3v) is 8.96. The number of carbonyl (C=O) groups is 1. The summed E-state index contributed by atoms with van der Waals surface area (Å²) in [5.74, 6) is 0.0277. The molecule has 3 atom stereocenters. The predicted octanol–water partition coefficient (Wildman–Crippen LogP) is 2.35. The summed E-state index contributed by atoms with van der Waals surface area (Å²) in [7, 11) is 1.68. The van der Waals surface area contributed by atoms with Gasteiger partial charge in [-0.1, -0.05) is 13.0 Å². The van der Waals surface area contributed by atoms with Crippen molar-refractivity contribution in [3.8, 4) is 5.75 Å². The molecule has 1 aromatic carbocycles. The number of fused-ring (bicyclic) bond motifs is 1. The summed E-state index contributed by atoms with van der Waals surface area (Å²) in [5, 5.41) is 11.5. The molecule has 176 valence electrons. The number of thiophene rings is 1. The van der Waals surface area contributed by atoms with Crippen molar-refractivity contribution in [2.75, 3.05) is 45.7 Å². The van der Waals surface area contributed by atoms with Crippen molar-refractivity contribution in [3.05, 3.63) is 41.3 Å². The number of aliphatic hydroxyl groups excluding tert-OH is 1. The lowest BCUT2D eigenvalue weighted by Gasteiger charge is -2.38. The smallest absolute Gasteiger partial charge is 0.258 e. The molecule has 1 N–H and O–H groups in total. The molecular weight excluding hydrogens is 450 g/mol. The highest BCUT2D eigenvalue weighted by molar-refractivity contribution is 7.91. The van der Waals surface area contributed by atoms with Crippen molar-refractivity contribution in [1.82, 2.24) is 9.21 Å². The van der Waals surface area contributed by atoms with Gasteiger partial charge in [-0.05, 0) is 36.6 Å². The average molecular weight is 482 g/mol. The summed E-state index contributed by atoms with van der Waals surface area (Å²) < 4.78 is 33.7. The number of anilines is 1. The molecule has 3 rings (SSSR count). The van der Waals surface area contributed by atoms with Crippen LogP contribution in [0.3, 0.4) is 0 Å². The molecule has 1 amide bonds. The van der Waals surface area contributed by atoms with Crippen LogP contribution in [-0.4, -0.2) is 81.6 Å². The third-order valence-electron chi connectivity index (χ3n) is 5.76. The van der Waals surface area contributed by atoms with E-state index in [2.05, 4.69) is 0 Å². The molecule has 0 fully saturated rings. The Balaban J connectivity index is 1.98. The minimum Gasteiger partial charge on any atom is -0.488 e. The van der Waals surface area contributed by atoms with E-state index in [-0.39, 0.29) is 35.2 Å². The van der Waals surface area contributed by atoms with Crippen LogP contribution in [0.5, 0.6) is 5.75 Å². The van der Waals surface area contributed by atoms with Gasteiger partial charge < -0.3 is 19.6 Å². The second kappa shape index (κ2) is 9.78. The van der Waals surface area contributed by atoms with Gasteiger partial charge in [-0.2, -0.15) is 4.31 Å². The maximum Gasteiger partial charge on any atom is 0.258 e. The van der Waals surface area contributed by atoms with E-state index >= 15 is 0 Å². The number of aliphatic hydroxyl groups is 1. The Morgan fingerprint density at radius 2 is 2.00 bits per heavy atom. The van der Waals surface area contributed by atoms with Gasteiger partial charge in [0, 0.05) is 39.3 Å². The van der Waals surface area contributed by atoms with Crippen molar-refractivity contribution in [1.29, 1.82) is 0 Å². The first-order valence-electron chi connectivity index (χ1n) is 10.5. The van der Waals surface area contributed by atoms with Crippen molar-refractivity contribution in [3.63, 3.8) is 0 Å². The van der Waals surface area contributed by atoms with Gasteiger partial charge in [0.05, 0.1) is 24.8 Å². The fourth-order valence-electron chi connectivity index (χ4n) is 3.62. The number of sulfonamides is 1.